The fourth-order valence-electron chi connectivity index (χ4n) is 9.47. The van der Waals surface area contributed by atoms with E-state index in [0.29, 0.717) is 19.9 Å². The van der Waals surface area contributed by atoms with Gasteiger partial charge in [0.2, 0.25) is 11.8 Å². The Morgan fingerprint density at radius 2 is 0.965 bits per heavy atom. The number of ether oxygens (including phenoxy) is 3. The van der Waals surface area contributed by atoms with Gasteiger partial charge in [-0.15, -0.1) is 12.4 Å². The molecule has 0 radical (unpaired) electrons. The van der Waals surface area contributed by atoms with Crippen LogP contribution in [0.15, 0.2) is 146 Å². The Morgan fingerprint density at radius 3 is 1.35 bits per heavy atom. The number of rotatable bonds is 12. The molecular formula is C61H71ClIN3O19. The molecule has 2 amide bonds. The maximum absolute atomic E-state index is 13.3. The normalized spacial score (nSPS) is 19.7. The molecule has 0 aliphatic carbocycles. The number of esters is 3. The van der Waals surface area contributed by atoms with Gasteiger partial charge in [0.1, 0.15) is 18.1 Å². The van der Waals surface area contributed by atoms with Gasteiger partial charge in [-0.1, -0.05) is 135 Å². The van der Waals surface area contributed by atoms with E-state index < -0.39 is 90.7 Å². The van der Waals surface area contributed by atoms with Crippen LogP contribution < -0.4 is 5.32 Å². The third-order valence-corrected chi connectivity index (χ3v) is 21.0. The molecule has 5 atom stereocenters. The molecule has 0 unspecified atom stereocenters. The topological polar surface area (TPSA) is 294 Å². The minimum Gasteiger partial charge on any atom is -0.468 e. The second-order valence-electron chi connectivity index (χ2n) is 18.8. The first-order valence-corrected chi connectivity index (χ1v) is 30.9. The van der Waals surface area contributed by atoms with Gasteiger partial charge in [-0.25, -0.2) is 9.59 Å². The van der Waals surface area contributed by atoms with Gasteiger partial charge in [-0.2, -0.15) is 0 Å². The summed E-state index contributed by atoms with van der Waals surface area (Å²) in [5.74, 6) is -6.69. The molecule has 3 fully saturated rings. The van der Waals surface area contributed by atoms with Crippen LogP contribution in [0, 0.1) is 3.57 Å². The van der Waals surface area contributed by atoms with Crippen molar-refractivity contribution in [2.75, 3.05) is 41.0 Å². The van der Waals surface area contributed by atoms with Gasteiger partial charge in [-0.3, -0.25) is 19.2 Å². The van der Waals surface area contributed by atoms with Gasteiger partial charge >= 0.3 is 146 Å². The number of halogens is 2. The van der Waals surface area contributed by atoms with Crippen molar-refractivity contribution in [1.82, 2.24) is 15.1 Å². The van der Waals surface area contributed by atoms with Gasteiger partial charge < -0.3 is 39.5 Å². The number of carbonyl (C=O) groups excluding carboxylic acids is 10. The molecule has 5 aromatic rings. The first-order chi connectivity index (χ1) is 40.6. The summed E-state index contributed by atoms with van der Waals surface area (Å²) in [5.41, 5.74) is 3.36. The first-order valence-electron chi connectivity index (χ1n) is 27.1. The average molecular weight is 1310 g/mol. The van der Waals surface area contributed by atoms with E-state index in [9.17, 15) is 53.1 Å². The van der Waals surface area contributed by atoms with Crippen molar-refractivity contribution in [1.29, 1.82) is 0 Å². The Balaban J connectivity index is 0.000000249. The summed E-state index contributed by atoms with van der Waals surface area (Å²) in [5, 5.41) is 21.8. The molecule has 9 rings (SSSR count). The maximum Gasteiger partial charge on any atom is 0.329 e. The number of Topliss-reactive ketones (excluding diaryl/α,β-unsaturated/α-hetero) is 1. The molecular weight excluding hydrogens is 1240 g/mol. The Bertz CT molecular complexity index is 3020. The van der Waals surface area contributed by atoms with Crippen LogP contribution >= 0.6 is 31.1 Å². The fourth-order valence-corrected chi connectivity index (χ4v) is 17.2. The number of hydrogen-bond acceptors (Lipinski definition) is 20. The molecule has 3 saturated heterocycles. The number of aliphatic hydroxyl groups excluding tert-OH is 2. The van der Waals surface area contributed by atoms with E-state index in [1.807, 2.05) is 121 Å². The standard InChI is InChI=1S/C20H21NO4.C20H19NO4.C13H13IO8.C6H11NO3.C2H6.ClH/c2*1-25-20(24)17-12-16(22)13-21(17)19(23)18(14-8-4-2-5-9-14)15-10-6-3-7-11-15;1-8(15)19-14(20-9(2)16,21-10(3)17)12-7-5-4-6-11(12)13(18)22-14;1-10-6(9)5-2-4(8)3-7-5;1-2;/h2-11,16-18,22H,12-13H2,1H3;2-11,17-18H,12-13H2,1H3;4-7H,1-3H3;4-5,7-8H,2-3H2,1H3;1-2H3;1H/t16-,17+;17-;;4-,5+;;/m10.1../s1/i;;;;1D;. The third kappa shape index (κ3) is 17.5. The number of hydrogen-bond donors (Lipinski definition) is 3. The minimum atomic E-state index is -6.03. The minimum absolute atomic E-state index is 0. The number of ketones is 1. The summed E-state index contributed by atoms with van der Waals surface area (Å²) < 4.78 is 40.8. The second kappa shape index (κ2) is 32.3. The van der Waals surface area contributed by atoms with E-state index in [-0.39, 0.29) is 77.1 Å². The number of benzene rings is 5. The monoisotopic (exact) mass is 1310 g/mol. The van der Waals surface area contributed by atoms with Crippen LogP contribution in [0.2, 0.25) is 0 Å². The predicted molar refractivity (Wildman–Crippen MR) is 318 cm³/mol. The van der Waals surface area contributed by atoms with E-state index in [2.05, 4.69) is 10.1 Å². The van der Waals surface area contributed by atoms with Crippen molar-refractivity contribution >= 4 is 90.5 Å². The molecule has 0 aromatic heterocycles. The smallest absolute Gasteiger partial charge is 0.329 e. The summed E-state index contributed by atoms with van der Waals surface area (Å²) in [6.45, 7) is 5.92. The first kappa shape index (κ1) is 67.7. The van der Waals surface area contributed by atoms with Crippen LogP contribution in [0.25, 0.3) is 0 Å². The summed E-state index contributed by atoms with van der Waals surface area (Å²) in [4.78, 5) is 123. The molecule has 22 nitrogen and oxygen atoms in total. The van der Waals surface area contributed by atoms with Crippen molar-refractivity contribution < 1.29 is 86.0 Å². The molecule has 4 aliphatic rings. The molecule has 3 N–H and O–H groups in total. The van der Waals surface area contributed by atoms with E-state index in [1.165, 1.54) is 49.3 Å². The molecule has 4 heterocycles. The largest absolute Gasteiger partial charge is 0.468 e. The van der Waals surface area contributed by atoms with Gasteiger partial charge in [0.25, 0.3) is 0 Å². The van der Waals surface area contributed by atoms with E-state index in [0.717, 1.165) is 43.0 Å². The van der Waals surface area contributed by atoms with Crippen LogP contribution in [0.1, 0.15) is 99.7 Å². The number of nitrogens with zero attached hydrogens (tertiary/aromatic N) is 2. The molecule has 24 heteroatoms. The summed E-state index contributed by atoms with van der Waals surface area (Å²) in [6.07, 6.45) is -0.444. The Hall–Kier alpha value is -8.10. The van der Waals surface area contributed by atoms with Crippen LogP contribution in [0.4, 0.5) is 0 Å². The van der Waals surface area contributed by atoms with E-state index >= 15 is 0 Å². The summed E-state index contributed by atoms with van der Waals surface area (Å²) >= 11 is -6.03. The van der Waals surface area contributed by atoms with Crippen LogP contribution in [-0.4, -0.2) is 151 Å². The maximum atomic E-state index is 13.3. The number of carbonyl (C=O) groups is 10. The number of aliphatic hydroxyl groups is 2. The molecule has 0 bridgehead atoms. The van der Waals surface area contributed by atoms with Crippen molar-refractivity contribution in [2.45, 2.75) is 96.0 Å². The Morgan fingerprint density at radius 1 is 0.576 bits per heavy atom. The van der Waals surface area contributed by atoms with Crippen molar-refractivity contribution in [3.05, 3.63) is 177 Å². The third-order valence-electron chi connectivity index (χ3n) is 12.9. The van der Waals surface area contributed by atoms with Gasteiger partial charge in [0.15, 0.2) is 5.78 Å². The average Bonchev–Trinajstić information content (AvgIpc) is 1.56. The number of likely N-dealkylation sites (tertiary alicyclic amines) is 2. The van der Waals surface area contributed by atoms with E-state index in [4.69, 9.17) is 28.2 Å². The predicted octanol–water partition coefficient (Wildman–Crippen LogP) is 6.40. The van der Waals surface area contributed by atoms with Crippen LogP contribution in [-0.2, 0) is 69.6 Å². The Labute approximate surface area is 503 Å². The van der Waals surface area contributed by atoms with Crippen LogP contribution in [0.3, 0.4) is 0 Å². The summed E-state index contributed by atoms with van der Waals surface area (Å²) in [7, 11) is 3.90. The zero-order valence-electron chi connectivity index (χ0n) is 48.9. The number of β-amino-alcohol motifs (C(OH)–C–C–N with tert-alkyl or cyclic N) is 2. The molecule has 0 saturated carbocycles. The van der Waals surface area contributed by atoms with Gasteiger partial charge in [-0.05, 0) is 22.3 Å². The fraction of sp³-hybridized carbons (Fsp3) is 0.344. The van der Waals surface area contributed by atoms with Crippen molar-refractivity contribution in [3.8, 4) is 0 Å². The van der Waals surface area contributed by atoms with Crippen molar-refractivity contribution in [3.63, 3.8) is 0 Å². The molecule has 5 aromatic carbocycles. The zero-order valence-corrected chi connectivity index (χ0v) is 50.8. The second-order valence-corrected chi connectivity index (χ2v) is 25.6. The summed E-state index contributed by atoms with van der Waals surface area (Å²) in [6, 6.07) is 41.6. The number of amides is 2. The molecule has 0 spiro atoms. The van der Waals surface area contributed by atoms with Crippen LogP contribution in [0.5, 0.6) is 0 Å². The zero-order chi connectivity index (χ0) is 62.5. The molecule has 4 aliphatic heterocycles. The Kier molecular flexibility index (Phi) is 25.7. The van der Waals surface area contributed by atoms with Crippen molar-refractivity contribution in [2.24, 2.45) is 0 Å². The van der Waals surface area contributed by atoms with Gasteiger partial charge in [0, 0.05) is 33.7 Å². The number of nitrogens with one attached hydrogen (secondary N) is 1. The molecule has 458 valence electrons. The SMILES string of the molecule is CC(=O)OI1(OC(C)=O)(OC(C)=O)OC(=O)c2ccccc21.COC(=O)[C@@H]1CC(=O)CN1C(=O)C(c1ccccc1)c1ccccc1.COC(=O)[C@@H]1C[C@@H](O)CN1.COC(=O)[C@@H]1C[C@@H](O)CN1C(=O)C(c1ccccc1)c1ccccc1.Cl.[2H]CC. The van der Waals surface area contributed by atoms with Gasteiger partial charge in [0.05, 0.1) is 51.9 Å². The number of fused-ring (bicyclic) bond motifs is 1. The molecule has 85 heavy (non-hydrogen) atoms. The quantitative estimate of drug-likeness (QED) is 0.0691. The number of methoxy groups -OCH3 is 3. The van der Waals surface area contributed by atoms with E-state index in [1.54, 1.807) is 13.0 Å².